The molecule has 1 aromatic rings. The second kappa shape index (κ2) is 4.74. The summed E-state index contributed by atoms with van der Waals surface area (Å²) in [5, 5.41) is 0. The van der Waals surface area contributed by atoms with Gasteiger partial charge in [-0.15, -0.1) is 0 Å². The van der Waals surface area contributed by atoms with Gasteiger partial charge in [-0.2, -0.15) is 0 Å². The van der Waals surface area contributed by atoms with Crippen molar-refractivity contribution < 1.29 is 4.79 Å². The van der Waals surface area contributed by atoms with Crippen molar-refractivity contribution in [2.45, 2.75) is 32.7 Å². The normalized spacial score (nSPS) is 18.4. The SMILES string of the molecule is C=C(C)C1c2ccccc2C(=O)N1CCCC. The van der Waals surface area contributed by atoms with Crippen molar-refractivity contribution in [2.75, 3.05) is 6.54 Å². The zero-order valence-corrected chi connectivity index (χ0v) is 10.6. The highest BCUT2D eigenvalue weighted by atomic mass is 16.2. The minimum Gasteiger partial charge on any atom is -0.328 e. The second-order valence-electron chi connectivity index (χ2n) is 4.69. The van der Waals surface area contributed by atoms with E-state index in [-0.39, 0.29) is 11.9 Å². The number of carbonyl (C=O) groups is 1. The first kappa shape index (κ1) is 11.9. The Morgan fingerprint density at radius 3 is 2.76 bits per heavy atom. The van der Waals surface area contributed by atoms with E-state index in [4.69, 9.17) is 0 Å². The van der Waals surface area contributed by atoms with Gasteiger partial charge in [-0.1, -0.05) is 43.7 Å². The van der Waals surface area contributed by atoms with Crippen molar-refractivity contribution in [1.82, 2.24) is 4.90 Å². The first-order valence-corrected chi connectivity index (χ1v) is 6.22. The van der Waals surface area contributed by atoms with Gasteiger partial charge in [0.2, 0.25) is 0 Å². The van der Waals surface area contributed by atoms with Crippen LogP contribution in [0, 0.1) is 0 Å². The van der Waals surface area contributed by atoms with Crippen LogP contribution in [0.1, 0.15) is 48.7 Å². The van der Waals surface area contributed by atoms with Crippen molar-refractivity contribution in [2.24, 2.45) is 0 Å². The van der Waals surface area contributed by atoms with Gasteiger partial charge in [-0.05, 0) is 25.0 Å². The number of fused-ring (bicyclic) bond motifs is 1. The van der Waals surface area contributed by atoms with Crippen LogP contribution >= 0.6 is 0 Å². The van der Waals surface area contributed by atoms with Gasteiger partial charge in [0.1, 0.15) is 0 Å². The largest absolute Gasteiger partial charge is 0.328 e. The molecule has 1 aliphatic rings. The van der Waals surface area contributed by atoms with Crippen molar-refractivity contribution in [1.29, 1.82) is 0 Å². The Kier molecular flexibility index (Phi) is 3.32. The van der Waals surface area contributed by atoms with Crippen LogP contribution in [0.15, 0.2) is 36.4 Å². The molecule has 2 heteroatoms. The number of amides is 1. The van der Waals surface area contributed by atoms with Crippen LogP contribution in [-0.2, 0) is 0 Å². The molecular formula is C15H19NO. The molecule has 90 valence electrons. The molecule has 17 heavy (non-hydrogen) atoms. The molecule has 1 heterocycles. The molecule has 0 aliphatic carbocycles. The minimum absolute atomic E-state index is 0.0743. The molecule has 1 atom stereocenters. The lowest BCUT2D eigenvalue weighted by atomic mass is 10.00. The molecule has 0 aromatic heterocycles. The first-order valence-electron chi connectivity index (χ1n) is 6.22. The molecule has 2 rings (SSSR count). The fraction of sp³-hybridized carbons (Fsp3) is 0.400. The van der Waals surface area contributed by atoms with Crippen molar-refractivity contribution in [3.05, 3.63) is 47.5 Å². The summed E-state index contributed by atoms with van der Waals surface area (Å²) in [5.41, 5.74) is 3.00. The smallest absolute Gasteiger partial charge is 0.254 e. The average Bonchev–Trinajstić information content (AvgIpc) is 2.60. The maximum absolute atomic E-state index is 12.3. The van der Waals surface area contributed by atoms with E-state index in [0.29, 0.717) is 0 Å². The van der Waals surface area contributed by atoms with Gasteiger partial charge < -0.3 is 4.90 Å². The molecule has 0 bridgehead atoms. The summed E-state index contributed by atoms with van der Waals surface area (Å²) in [4.78, 5) is 14.3. The summed E-state index contributed by atoms with van der Waals surface area (Å²) >= 11 is 0. The van der Waals surface area contributed by atoms with Gasteiger partial charge in [-0.25, -0.2) is 0 Å². The number of hydrogen-bond donors (Lipinski definition) is 0. The fourth-order valence-corrected chi connectivity index (χ4v) is 2.46. The summed E-state index contributed by atoms with van der Waals surface area (Å²) in [7, 11) is 0. The predicted octanol–water partition coefficient (Wildman–Crippen LogP) is 3.56. The van der Waals surface area contributed by atoms with Crippen LogP contribution in [0.4, 0.5) is 0 Å². The lowest BCUT2D eigenvalue weighted by molar-refractivity contribution is 0.0745. The Labute approximate surface area is 103 Å². The van der Waals surface area contributed by atoms with Gasteiger partial charge in [0.25, 0.3) is 5.91 Å². The van der Waals surface area contributed by atoms with Crippen LogP contribution in [-0.4, -0.2) is 17.4 Å². The molecule has 1 amide bonds. The lowest BCUT2D eigenvalue weighted by Gasteiger charge is -2.25. The maximum atomic E-state index is 12.3. The molecular weight excluding hydrogens is 210 g/mol. The van der Waals surface area contributed by atoms with E-state index in [2.05, 4.69) is 13.5 Å². The van der Waals surface area contributed by atoms with Crippen LogP contribution in [0.5, 0.6) is 0 Å². The molecule has 0 spiro atoms. The van der Waals surface area contributed by atoms with Crippen LogP contribution in [0.25, 0.3) is 0 Å². The number of benzene rings is 1. The second-order valence-corrected chi connectivity index (χ2v) is 4.69. The standard InChI is InChI=1S/C15H19NO/c1-4-5-10-16-14(11(2)3)12-8-6-7-9-13(12)15(16)17/h6-9,14H,2,4-5,10H2,1,3H3. The van der Waals surface area contributed by atoms with Crippen molar-refractivity contribution >= 4 is 5.91 Å². The van der Waals surface area contributed by atoms with Gasteiger partial charge in [0.15, 0.2) is 0 Å². The minimum atomic E-state index is 0.0743. The molecule has 0 fully saturated rings. The maximum Gasteiger partial charge on any atom is 0.254 e. The molecule has 1 aromatic carbocycles. The topological polar surface area (TPSA) is 20.3 Å². The zero-order valence-electron chi connectivity index (χ0n) is 10.6. The van der Waals surface area contributed by atoms with Gasteiger partial charge >= 0.3 is 0 Å². The number of unbranched alkanes of at least 4 members (excludes halogenated alkanes) is 1. The zero-order chi connectivity index (χ0) is 12.4. The van der Waals surface area contributed by atoms with Crippen molar-refractivity contribution in [3.8, 4) is 0 Å². The van der Waals surface area contributed by atoms with E-state index in [1.165, 1.54) is 0 Å². The van der Waals surface area contributed by atoms with Crippen LogP contribution < -0.4 is 0 Å². The average molecular weight is 229 g/mol. The van der Waals surface area contributed by atoms with Crippen LogP contribution in [0.3, 0.4) is 0 Å². The Morgan fingerprint density at radius 1 is 1.41 bits per heavy atom. The molecule has 1 aliphatic heterocycles. The molecule has 0 radical (unpaired) electrons. The highest BCUT2D eigenvalue weighted by Gasteiger charge is 2.35. The molecule has 0 saturated heterocycles. The highest BCUT2D eigenvalue weighted by molar-refractivity contribution is 5.99. The number of nitrogens with zero attached hydrogens (tertiary/aromatic N) is 1. The fourth-order valence-electron chi connectivity index (χ4n) is 2.46. The van der Waals surface area contributed by atoms with Gasteiger partial charge in [0.05, 0.1) is 6.04 Å². The van der Waals surface area contributed by atoms with E-state index in [0.717, 1.165) is 36.1 Å². The van der Waals surface area contributed by atoms with E-state index in [1.807, 2.05) is 36.1 Å². The number of hydrogen-bond acceptors (Lipinski definition) is 1. The van der Waals surface area contributed by atoms with E-state index < -0.39 is 0 Å². The Hall–Kier alpha value is -1.57. The summed E-state index contributed by atoms with van der Waals surface area (Å²) in [5.74, 6) is 0.155. The van der Waals surface area contributed by atoms with Crippen LogP contribution in [0.2, 0.25) is 0 Å². The number of carbonyl (C=O) groups excluding carboxylic acids is 1. The number of rotatable bonds is 4. The van der Waals surface area contributed by atoms with Crippen molar-refractivity contribution in [3.63, 3.8) is 0 Å². The van der Waals surface area contributed by atoms with E-state index >= 15 is 0 Å². The third-order valence-electron chi connectivity index (χ3n) is 3.28. The molecule has 1 unspecified atom stereocenters. The summed E-state index contributed by atoms with van der Waals surface area (Å²) in [6.45, 7) is 9.00. The summed E-state index contributed by atoms with van der Waals surface area (Å²) in [6.07, 6.45) is 2.15. The Balaban J connectivity index is 2.37. The summed E-state index contributed by atoms with van der Waals surface area (Å²) < 4.78 is 0. The third kappa shape index (κ3) is 1.99. The highest BCUT2D eigenvalue weighted by Crippen LogP contribution is 2.37. The molecule has 0 N–H and O–H groups in total. The molecule has 2 nitrogen and oxygen atoms in total. The summed E-state index contributed by atoms with van der Waals surface area (Å²) in [6, 6.07) is 7.95. The van der Waals surface area contributed by atoms with Gasteiger partial charge in [-0.3, -0.25) is 4.79 Å². The van der Waals surface area contributed by atoms with E-state index in [1.54, 1.807) is 0 Å². The first-order chi connectivity index (χ1) is 8.16. The Morgan fingerprint density at radius 2 is 2.12 bits per heavy atom. The lowest BCUT2D eigenvalue weighted by Crippen LogP contribution is -2.29. The quantitative estimate of drug-likeness (QED) is 0.723. The van der Waals surface area contributed by atoms with Gasteiger partial charge in [0, 0.05) is 12.1 Å². The monoisotopic (exact) mass is 229 g/mol. The Bertz CT molecular complexity index is 450. The third-order valence-corrected chi connectivity index (χ3v) is 3.28. The predicted molar refractivity (Wildman–Crippen MR) is 69.9 cm³/mol. The molecule has 0 saturated carbocycles. The van der Waals surface area contributed by atoms with E-state index in [9.17, 15) is 4.79 Å².